The first-order valence-corrected chi connectivity index (χ1v) is 3.30. The summed E-state index contributed by atoms with van der Waals surface area (Å²) < 4.78 is 1.98. The minimum absolute atomic E-state index is 0. The largest absolute Gasteiger partial charge is 1.00 e. The number of halogens is 1. The van der Waals surface area contributed by atoms with Crippen molar-refractivity contribution in [1.82, 2.24) is 4.98 Å². The number of hydrogen-bond acceptors (Lipinski definition) is 1. The maximum absolute atomic E-state index is 9.99. The topological polar surface area (TPSA) is 36.7 Å². The number of H-pyrrole nitrogens is 1. The van der Waals surface area contributed by atoms with Crippen LogP contribution in [0.25, 0.3) is 0 Å². The maximum atomic E-state index is 9.99. The fourth-order valence-electron chi connectivity index (χ4n) is 0.881. The third-order valence-electron chi connectivity index (χ3n) is 1.47. The monoisotopic (exact) mass is 174 g/mol. The van der Waals surface area contributed by atoms with Crippen molar-refractivity contribution in [2.75, 3.05) is 0 Å². The highest BCUT2D eigenvalue weighted by atomic mass is 35.5. The maximum Gasteiger partial charge on any atom is 0.254 e. The molecule has 1 heterocycles. The number of carbonyl (C=O) groups excluding carboxylic acids is 1. The zero-order valence-corrected chi connectivity index (χ0v) is 7.14. The molecule has 62 valence electrons. The van der Waals surface area contributed by atoms with Crippen molar-refractivity contribution < 1.29 is 21.8 Å². The van der Waals surface area contributed by atoms with E-state index in [1.165, 1.54) is 0 Å². The van der Waals surface area contributed by atoms with Gasteiger partial charge in [-0.3, -0.25) is 0 Å². The van der Waals surface area contributed by atoms with Gasteiger partial charge in [0.05, 0.1) is 13.5 Å². The molecule has 0 aliphatic carbocycles. The first kappa shape index (κ1) is 10.2. The van der Waals surface area contributed by atoms with Gasteiger partial charge in [-0.05, 0) is 0 Å². The van der Waals surface area contributed by atoms with E-state index in [0.29, 0.717) is 6.42 Å². The van der Waals surface area contributed by atoms with Gasteiger partial charge in [0.15, 0.2) is 0 Å². The van der Waals surface area contributed by atoms with Gasteiger partial charge >= 0.3 is 0 Å². The van der Waals surface area contributed by atoms with Crippen LogP contribution in [-0.4, -0.2) is 11.3 Å². The molecule has 0 amide bonds. The number of nitrogens with zero attached hydrogens (tertiary/aromatic N) is 1. The molecular weight excluding hydrogens is 164 g/mol. The first-order valence-electron chi connectivity index (χ1n) is 3.30. The molecule has 1 aromatic rings. The second-order valence-electron chi connectivity index (χ2n) is 2.22. The second kappa shape index (κ2) is 4.91. The smallest absolute Gasteiger partial charge is 0.254 e. The summed E-state index contributed by atoms with van der Waals surface area (Å²) in [6, 6.07) is 0. The van der Waals surface area contributed by atoms with Crippen LogP contribution in [0.15, 0.2) is 12.4 Å². The van der Waals surface area contributed by atoms with Gasteiger partial charge < -0.3 is 17.2 Å². The lowest BCUT2D eigenvalue weighted by molar-refractivity contribution is -0.677. The van der Waals surface area contributed by atoms with E-state index >= 15 is 0 Å². The van der Waals surface area contributed by atoms with Gasteiger partial charge in [0.2, 0.25) is 0 Å². The number of carbonyl (C=O) groups is 1. The van der Waals surface area contributed by atoms with Crippen LogP contribution < -0.4 is 17.0 Å². The molecular formula is C7H11ClN2O. The standard InChI is InChI=1S/C7H10N2O.ClH/c1-9-5-4-8-7(9)3-2-6-10;/h4-6H,2-3H2,1H3;1H. The fourth-order valence-corrected chi connectivity index (χ4v) is 0.881. The van der Waals surface area contributed by atoms with Crippen LogP contribution >= 0.6 is 0 Å². The number of aromatic nitrogens is 2. The molecule has 0 saturated heterocycles. The zero-order valence-electron chi connectivity index (χ0n) is 6.38. The molecule has 0 atom stereocenters. The minimum Gasteiger partial charge on any atom is -1.00 e. The van der Waals surface area contributed by atoms with Crippen LogP contribution in [0.5, 0.6) is 0 Å². The number of nitrogens with one attached hydrogen (secondary N) is 1. The van der Waals surface area contributed by atoms with E-state index in [0.717, 1.165) is 18.5 Å². The summed E-state index contributed by atoms with van der Waals surface area (Å²) in [6.07, 6.45) is 6.11. The third-order valence-corrected chi connectivity index (χ3v) is 1.47. The molecule has 11 heavy (non-hydrogen) atoms. The Kier molecular flexibility index (Phi) is 4.54. The van der Waals surface area contributed by atoms with Crippen molar-refractivity contribution in [1.29, 1.82) is 0 Å². The number of rotatable bonds is 3. The van der Waals surface area contributed by atoms with Gasteiger partial charge in [0.1, 0.15) is 18.7 Å². The first-order chi connectivity index (χ1) is 4.84. The predicted molar refractivity (Wildman–Crippen MR) is 36.4 cm³/mol. The van der Waals surface area contributed by atoms with E-state index in [4.69, 9.17) is 0 Å². The average Bonchev–Trinajstić information content (AvgIpc) is 2.31. The summed E-state index contributed by atoms with van der Waals surface area (Å²) in [5, 5.41) is 0. The van der Waals surface area contributed by atoms with Gasteiger partial charge in [0, 0.05) is 6.42 Å². The molecule has 1 rings (SSSR count). The van der Waals surface area contributed by atoms with Crippen LogP contribution in [0.4, 0.5) is 0 Å². The summed E-state index contributed by atoms with van der Waals surface area (Å²) >= 11 is 0. The highest BCUT2D eigenvalue weighted by molar-refractivity contribution is 5.49. The van der Waals surface area contributed by atoms with Gasteiger partial charge in [-0.1, -0.05) is 0 Å². The summed E-state index contributed by atoms with van der Waals surface area (Å²) in [5.41, 5.74) is 0. The van der Waals surface area contributed by atoms with Crippen LogP contribution in [-0.2, 0) is 18.3 Å². The molecule has 1 N–H and O–H groups in total. The van der Waals surface area contributed by atoms with Gasteiger partial charge in [0.25, 0.3) is 5.82 Å². The molecule has 0 saturated carbocycles. The number of hydrogen-bond donors (Lipinski definition) is 1. The predicted octanol–water partition coefficient (Wildman–Crippen LogP) is -3.03. The Morgan fingerprint density at radius 2 is 2.45 bits per heavy atom. The van der Waals surface area contributed by atoms with Crippen LogP contribution in [0, 0.1) is 0 Å². The van der Waals surface area contributed by atoms with Crippen LogP contribution in [0.1, 0.15) is 12.2 Å². The molecule has 0 spiro atoms. The summed E-state index contributed by atoms with van der Waals surface area (Å²) in [6.45, 7) is 0. The lowest BCUT2D eigenvalue weighted by Crippen LogP contribution is -3.00. The summed E-state index contributed by atoms with van der Waals surface area (Å²) in [5.74, 6) is 1.09. The van der Waals surface area contributed by atoms with Gasteiger partial charge in [-0.25, -0.2) is 9.55 Å². The Bertz CT molecular complexity index is 222. The minimum atomic E-state index is 0. The molecule has 4 heteroatoms. The molecule has 0 unspecified atom stereocenters. The highest BCUT2D eigenvalue weighted by Crippen LogP contribution is 1.88. The molecule has 0 radical (unpaired) electrons. The SMILES string of the molecule is C[n+]1cc[nH]c1CCC=O.[Cl-]. The second-order valence-corrected chi connectivity index (χ2v) is 2.22. The molecule has 3 nitrogen and oxygen atoms in total. The number of aryl methyl sites for hydroxylation is 2. The number of imidazole rings is 1. The Balaban J connectivity index is 0.000001000. The van der Waals surface area contributed by atoms with Crippen molar-refractivity contribution in [3.8, 4) is 0 Å². The van der Waals surface area contributed by atoms with Crippen LogP contribution in [0.3, 0.4) is 0 Å². The summed E-state index contributed by atoms with van der Waals surface area (Å²) in [4.78, 5) is 13.0. The van der Waals surface area contributed by atoms with Gasteiger partial charge in [-0.2, -0.15) is 0 Å². The summed E-state index contributed by atoms with van der Waals surface area (Å²) in [7, 11) is 1.95. The Hall–Kier alpha value is -0.830. The van der Waals surface area contributed by atoms with E-state index < -0.39 is 0 Å². The van der Waals surface area contributed by atoms with Gasteiger partial charge in [-0.15, -0.1) is 0 Å². The van der Waals surface area contributed by atoms with E-state index in [1.807, 2.05) is 24.0 Å². The van der Waals surface area contributed by atoms with Crippen molar-refractivity contribution >= 4 is 6.29 Å². The average molecular weight is 175 g/mol. The molecule has 0 aromatic carbocycles. The molecule has 1 aromatic heterocycles. The normalized spacial score (nSPS) is 8.82. The molecule has 0 aliphatic rings. The highest BCUT2D eigenvalue weighted by Gasteiger charge is 2.03. The van der Waals surface area contributed by atoms with Crippen molar-refractivity contribution in [2.24, 2.45) is 7.05 Å². The van der Waals surface area contributed by atoms with Crippen molar-refractivity contribution in [2.45, 2.75) is 12.8 Å². The van der Waals surface area contributed by atoms with E-state index in [9.17, 15) is 4.79 Å². The Morgan fingerprint density at radius 3 is 2.91 bits per heavy atom. The Labute approximate surface area is 71.8 Å². The fraction of sp³-hybridized carbons (Fsp3) is 0.429. The molecule has 0 aliphatic heterocycles. The molecule has 0 fully saturated rings. The van der Waals surface area contributed by atoms with Crippen molar-refractivity contribution in [3.63, 3.8) is 0 Å². The molecule has 0 bridgehead atoms. The van der Waals surface area contributed by atoms with E-state index in [-0.39, 0.29) is 12.4 Å². The van der Waals surface area contributed by atoms with E-state index in [1.54, 1.807) is 0 Å². The zero-order chi connectivity index (χ0) is 7.40. The lowest BCUT2D eigenvalue weighted by Gasteiger charge is -1.87. The lowest BCUT2D eigenvalue weighted by atomic mass is 10.3. The third kappa shape index (κ3) is 2.72. The van der Waals surface area contributed by atoms with Crippen molar-refractivity contribution in [3.05, 3.63) is 18.2 Å². The van der Waals surface area contributed by atoms with Crippen LogP contribution in [0.2, 0.25) is 0 Å². The quantitative estimate of drug-likeness (QED) is 0.384. The van der Waals surface area contributed by atoms with E-state index in [2.05, 4.69) is 4.98 Å². The Morgan fingerprint density at radius 1 is 1.73 bits per heavy atom. The number of aldehydes is 1. The number of aromatic amines is 1.